The third-order valence-electron chi connectivity index (χ3n) is 4.42. The van der Waals surface area contributed by atoms with Crippen molar-refractivity contribution in [3.05, 3.63) is 76.4 Å². The zero-order chi connectivity index (χ0) is 21.0. The zero-order valence-electron chi connectivity index (χ0n) is 16.2. The van der Waals surface area contributed by atoms with Crippen LogP contribution in [0.15, 0.2) is 55.1 Å². The Morgan fingerprint density at radius 2 is 1.93 bits per heavy atom. The summed E-state index contributed by atoms with van der Waals surface area (Å²) in [6.07, 6.45) is 4.60. The van der Waals surface area contributed by atoms with E-state index in [1.54, 1.807) is 38.6 Å². The maximum absolute atomic E-state index is 12.8. The van der Waals surface area contributed by atoms with Crippen molar-refractivity contribution in [3.63, 3.8) is 0 Å². The van der Waals surface area contributed by atoms with Gasteiger partial charge in [-0.3, -0.25) is 14.9 Å². The fraction of sp³-hybridized carbons (Fsp3) is 0.200. The van der Waals surface area contributed by atoms with Gasteiger partial charge >= 0.3 is 0 Å². The highest BCUT2D eigenvalue weighted by Gasteiger charge is 2.21. The van der Waals surface area contributed by atoms with Gasteiger partial charge in [0.05, 0.1) is 25.5 Å². The van der Waals surface area contributed by atoms with Crippen LogP contribution in [0.25, 0.3) is 5.69 Å². The molecular weight excluding hydrogens is 376 g/mol. The minimum Gasteiger partial charge on any atom is -0.493 e. The fourth-order valence-electron chi connectivity index (χ4n) is 2.97. The summed E-state index contributed by atoms with van der Waals surface area (Å²) < 4.78 is 12.0. The van der Waals surface area contributed by atoms with Crippen molar-refractivity contribution in [2.75, 3.05) is 21.3 Å². The number of nitro benzene ring substituents is 1. The van der Waals surface area contributed by atoms with Crippen molar-refractivity contribution in [1.29, 1.82) is 0 Å². The lowest BCUT2D eigenvalue weighted by Gasteiger charge is -2.18. The van der Waals surface area contributed by atoms with Gasteiger partial charge < -0.3 is 18.9 Å². The predicted molar refractivity (Wildman–Crippen MR) is 106 cm³/mol. The number of nitro groups is 1. The number of hydrogen-bond donors (Lipinski definition) is 0. The number of nitrogens with zero attached hydrogens (tertiary/aromatic N) is 4. The Labute approximate surface area is 167 Å². The molecule has 1 amide bonds. The molecule has 1 aromatic heterocycles. The van der Waals surface area contributed by atoms with Crippen molar-refractivity contribution < 1.29 is 19.2 Å². The van der Waals surface area contributed by atoms with Crippen LogP contribution in [0.3, 0.4) is 0 Å². The van der Waals surface area contributed by atoms with Crippen LogP contribution in [0.1, 0.15) is 15.9 Å². The normalized spacial score (nSPS) is 10.4. The number of ether oxygens (including phenoxy) is 2. The summed E-state index contributed by atoms with van der Waals surface area (Å²) in [6, 6.07) is 9.76. The Hall–Kier alpha value is -3.88. The maximum Gasteiger partial charge on any atom is 0.294 e. The van der Waals surface area contributed by atoms with E-state index in [2.05, 4.69) is 4.98 Å². The molecule has 0 N–H and O–H groups in total. The molecule has 0 saturated heterocycles. The molecule has 9 nitrogen and oxygen atoms in total. The first kappa shape index (κ1) is 19.9. The predicted octanol–water partition coefficient (Wildman–Crippen LogP) is 3.07. The molecule has 9 heteroatoms. The van der Waals surface area contributed by atoms with Crippen molar-refractivity contribution in [2.45, 2.75) is 6.54 Å². The van der Waals surface area contributed by atoms with Gasteiger partial charge in [-0.05, 0) is 29.8 Å². The average molecular weight is 396 g/mol. The van der Waals surface area contributed by atoms with Crippen molar-refractivity contribution in [2.24, 2.45) is 0 Å². The molecule has 3 rings (SSSR count). The van der Waals surface area contributed by atoms with Crippen LogP contribution in [-0.4, -0.2) is 46.5 Å². The number of imidazole rings is 1. The summed E-state index contributed by atoms with van der Waals surface area (Å²) in [5.41, 5.74) is 1.23. The summed E-state index contributed by atoms with van der Waals surface area (Å²) >= 11 is 0. The summed E-state index contributed by atoms with van der Waals surface area (Å²) in [7, 11) is 4.72. The van der Waals surface area contributed by atoms with Crippen LogP contribution in [0.2, 0.25) is 0 Å². The Morgan fingerprint density at radius 1 is 1.17 bits per heavy atom. The Kier molecular flexibility index (Phi) is 5.77. The largest absolute Gasteiger partial charge is 0.493 e. The number of benzene rings is 2. The summed E-state index contributed by atoms with van der Waals surface area (Å²) in [4.78, 5) is 29.2. The number of aromatic nitrogens is 2. The molecule has 0 aliphatic rings. The van der Waals surface area contributed by atoms with E-state index in [-0.39, 0.29) is 17.2 Å². The third-order valence-corrected chi connectivity index (χ3v) is 4.42. The second-order valence-electron chi connectivity index (χ2n) is 6.28. The van der Waals surface area contributed by atoms with Crippen LogP contribution in [0.5, 0.6) is 11.5 Å². The maximum atomic E-state index is 12.8. The number of carbonyl (C=O) groups excluding carboxylic acids is 1. The van der Waals surface area contributed by atoms with Crippen LogP contribution >= 0.6 is 0 Å². The Morgan fingerprint density at radius 3 is 2.55 bits per heavy atom. The molecule has 29 heavy (non-hydrogen) atoms. The lowest BCUT2D eigenvalue weighted by molar-refractivity contribution is -0.384. The third kappa shape index (κ3) is 4.18. The van der Waals surface area contributed by atoms with Gasteiger partial charge in [-0.15, -0.1) is 0 Å². The van der Waals surface area contributed by atoms with E-state index < -0.39 is 4.92 Å². The number of carbonyl (C=O) groups is 1. The van der Waals surface area contributed by atoms with Crippen molar-refractivity contribution >= 4 is 11.6 Å². The molecule has 1 heterocycles. The number of hydrogen-bond acceptors (Lipinski definition) is 6. The standard InChI is InChI=1S/C20H20N4O5/c1-22(12-14-4-7-18(28-2)19(10-14)29-3)20(25)15-5-6-16(17(11-15)24(26)27)23-9-8-21-13-23/h4-11,13H,12H2,1-3H3. The number of amides is 1. The first-order chi connectivity index (χ1) is 13.9. The molecule has 150 valence electrons. The van der Waals surface area contributed by atoms with E-state index in [9.17, 15) is 14.9 Å². The van der Waals surface area contributed by atoms with Crippen LogP contribution < -0.4 is 9.47 Å². The highest BCUT2D eigenvalue weighted by molar-refractivity contribution is 5.95. The van der Waals surface area contributed by atoms with E-state index in [1.807, 2.05) is 6.07 Å². The molecule has 0 atom stereocenters. The molecule has 0 aliphatic heterocycles. The average Bonchev–Trinajstić information content (AvgIpc) is 3.27. The van der Waals surface area contributed by atoms with Crippen LogP contribution in [0.4, 0.5) is 5.69 Å². The quantitative estimate of drug-likeness (QED) is 0.449. The molecule has 0 aliphatic carbocycles. The van der Waals surface area contributed by atoms with Gasteiger partial charge in [0.25, 0.3) is 11.6 Å². The second-order valence-corrected chi connectivity index (χ2v) is 6.28. The van der Waals surface area contributed by atoms with Gasteiger partial charge in [0.15, 0.2) is 11.5 Å². The molecule has 0 fully saturated rings. The van der Waals surface area contributed by atoms with Gasteiger partial charge in [0.2, 0.25) is 0 Å². The van der Waals surface area contributed by atoms with Crippen molar-refractivity contribution in [1.82, 2.24) is 14.5 Å². The van der Waals surface area contributed by atoms with Crippen LogP contribution in [-0.2, 0) is 6.54 Å². The SMILES string of the molecule is COc1ccc(CN(C)C(=O)c2ccc(-n3ccnc3)c([N+](=O)[O-])c2)cc1OC. The molecule has 0 unspecified atom stereocenters. The molecule has 0 bridgehead atoms. The summed E-state index contributed by atoms with van der Waals surface area (Å²) in [6.45, 7) is 0.302. The fourth-order valence-corrected chi connectivity index (χ4v) is 2.97. The summed E-state index contributed by atoms with van der Waals surface area (Å²) in [5, 5.41) is 11.5. The second kappa shape index (κ2) is 8.42. The molecule has 0 spiro atoms. The van der Waals surface area contributed by atoms with E-state index in [0.29, 0.717) is 23.7 Å². The Balaban J connectivity index is 1.84. The number of methoxy groups -OCH3 is 2. The first-order valence-corrected chi connectivity index (χ1v) is 8.67. The van der Waals surface area contributed by atoms with E-state index in [0.717, 1.165) is 5.56 Å². The first-order valence-electron chi connectivity index (χ1n) is 8.67. The molecule has 3 aromatic rings. The monoisotopic (exact) mass is 396 g/mol. The zero-order valence-corrected chi connectivity index (χ0v) is 16.2. The molecule has 2 aromatic carbocycles. The molecule has 0 saturated carbocycles. The van der Waals surface area contributed by atoms with E-state index >= 15 is 0 Å². The van der Waals surface area contributed by atoms with Gasteiger partial charge in [0.1, 0.15) is 5.69 Å². The lowest BCUT2D eigenvalue weighted by atomic mass is 10.1. The van der Waals surface area contributed by atoms with E-state index in [1.165, 1.54) is 41.2 Å². The van der Waals surface area contributed by atoms with Gasteiger partial charge in [-0.1, -0.05) is 6.07 Å². The van der Waals surface area contributed by atoms with Crippen molar-refractivity contribution in [3.8, 4) is 17.2 Å². The van der Waals surface area contributed by atoms with Gasteiger partial charge in [-0.25, -0.2) is 4.98 Å². The lowest BCUT2D eigenvalue weighted by Crippen LogP contribution is -2.26. The highest BCUT2D eigenvalue weighted by Crippen LogP contribution is 2.28. The van der Waals surface area contributed by atoms with Crippen LogP contribution in [0, 0.1) is 10.1 Å². The van der Waals surface area contributed by atoms with Gasteiger partial charge in [0, 0.05) is 37.6 Å². The molecule has 0 radical (unpaired) electrons. The Bertz CT molecular complexity index is 1030. The minimum atomic E-state index is -0.513. The topological polar surface area (TPSA) is 99.7 Å². The van der Waals surface area contributed by atoms with Gasteiger partial charge in [-0.2, -0.15) is 0 Å². The number of rotatable bonds is 7. The summed E-state index contributed by atoms with van der Waals surface area (Å²) in [5.74, 6) is 0.821. The minimum absolute atomic E-state index is 0.173. The highest BCUT2D eigenvalue weighted by atomic mass is 16.6. The van der Waals surface area contributed by atoms with E-state index in [4.69, 9.17) is 9.47 Å². The molecular formula is C20H20N4O5. The smallest absolute Gasteiger partial charge is 0.294 e.